The number of halogens is 1. The predicted molar refractivity (Wildman–Crippen MR) is 85.7 cm³/mol. The number of amides is 1. The molecular weight excluding hydrogens is 324 g/mol. The van der Waals surface area contributed by atoms with Crippen LogP contribution in [0, 0.1) is 0 Å². The molecule has 1 aromatic carbocycles. The lowest BCUT2D eigenvalue weighted by molar-refractivity contribution is -0.115. The molecule has 3 nitrogen and oxygen atoms in total. The van der Waals surface area contributed by atoms with E-state index in [9.17, 15) is 4.79 Å². The molecule has 0 heterocycles. The normalized spacial score (nSPS) is 22.4. The van der Waals surface area contributed by atoms with Crippen LogP contribution in [0.1, 0.15) is 19.3 Å². The summed E-state index contributed by atoms with van der Waals surface area (Å²) in [6.07, 6.45) is 5.77. The molecule has 0 radical (unpaired) electrons. The van der Waals surface area contributed by atoms with Crippen molar-refractivity contribution in [2.24, 2.45) is 0 Å². The fourth-order valence-corrected chi connectivity index (χ4v) is 3.38. The number of thioether (sulfide) groups is 1. The SMILES string of the molecule is CSC1CCC(NCC(=O)Nc2ccc(Br)cc2)C1. The van der Waals surface area contributed by atoms with Crippen molar-refractivity contribution < 1.29 is 4.79 Å². The maximum atomic E-state index is 11.8. The van der Waals surface area contributed by atoms with Gasteiger partial charge in [0, 0.05) is 21.5 Å². The number of carbonyl (C=O) groups is 1. The second-order valence-corrected chi connectivity index (χ2v) is 6.86. The molecule has 1 aliphatic rings. The van der Waals surface area contributed by atoms with E-state index in [1.54, 1.807) is 0 Å². The van der Waals surface area contributed by atoms with Crippen LogP contribution < -0.4 is 10.6 Å². The highest BCUT2D eigenvalue weighted by Gasteiger charge is 2.23. The van der Waals surface area contributed by atoms with Gasteiger partial charge in [-0.15, -0.1) is 0 Å². The van der Waals surface area contributed by atoms with E-state index >= 15 is 0 Å². The van der Waals surface area contributed by atoms with Crippen LogP contribution in [0.3, 0.4) is 0 Å². The van der Waals surface area contributed by atoms with Crippen LogP contribution in [0.25, 0.3) is 0 Å². The first-order valence-electron chi connectivity index (χ1n) is 6.49. The van der Waals surface area contributed by atoms with Gasteiger partial charge in [-0.25, -0.2) is 0 Å². The zero-order chi connectivity index (χ0) is 13.7. The van der Waals surface area contributed by atoms with Gasteiger partial charge >= 0.3 is 0 Å². The Morgan fingerprint density at radius 1 is 1.37 bits per heavy atom. The Balaban J connectivity index is 1.71. The summed E-state index contributed by atoms with van der Waals surface area (Å²) in [5.74, 6) is 0.0231. The van der Waals surface area contributed by atoms with Crippen LogP contribution in [-0.2, 0) is 4.79 Å². The smallest absolute Gasteiger partial charge is 0.238 e. The highest BCUT2D eigenvalue weighted by atomic mass is 79.9. The fraction of sp³-hybridized carbons (Fsp3) is 0.500. The highest BCUT2D eigenvalue weighted by molar-refractivity contribution is 9.10. The molecule has 0 saturated heterocycles. The van der Waals surface area contributed by atoms with Crippen LogP contribution in [0.4, 0.5) is 5.69 Å². The van der Waals surface area contributed by atoms with Crippen LogP contribution in [0.2, 0.25) is 0 Å². The van der Waals surface area contributed by atoms with E-state index in [1.165, 1.54) is 19.3 Å². The summed E-state index contributed by atoms with van der Waals surface area (Å²) in [6.45, 7) is 0.391. The predicted octanol–water partition coefficient (Wildman–Crippen LogP) is 3.26. The molecule has 1 amide bonds. The monoisotopic (exact) mass is 342 g/mol. The van der Waals surface area contributed by atoms with Gasteiger partial charge in [-0.05, 0) is 49.8 Å². The molecule has 0 bridgehead atoms. The van der Waals surface area contributed by atoms with E-state index in [2.05, 4.69) is 32.8 Å². The number of rotatable bonds is 5. The summed E-state index contributed by atoms with van der Waals surface area (Å²) in [6, 6.07) is 8.11. The van der Waals surface area contributed by atoms with Crippen molar-refractivity contribution in [3.05, 3.63) is 28.7 Å². The number of carbonyl (C=O) groups excluding carboxylic acids is 1. The zero-order valence-corrected chi connectivity index (χ0v) is 13.4. The summed E-state index contributed by atoms with van der Waals surface area (Å²) < 4.78 is 1.01. The summed E-state index contributed by atoms with van der Waals surface area (Å²) in [4.78, 5) is 11.8. The molecule has 1 fully saturated rings. The number of hydrogen-bond acceptors (Lipinski definition) is 3. The third-order valence-corrected chi connectivity index (χ3v) is 5.02. The third kappa shape index (κ3) is 4.82. The van der Waals surface area contributed by atoms with E-state index in [-0.39, 0.29) is 5.91 Å². The van der Waals surface area contributed by atoms with Crippen LogP contribution in [0.15, 0.2) is 28.7 Å². The van der Waals surface area contributed by atoms with Crippen LogP contribution in [-0.4, -0.2) is 30.0 Å². The Morgan fingerprint density at radius 2 is 2.11 bits per heavy atom. The first-order chi connectivity index (χ1) is 9.17. The van der Waals surface area contributed by atoms with Gasteiger partial charge in [0.05, 0.1) is 6.54 Å². The number of anilines is 1. The van der Waals surface area contributed by atoms with Gasteiger partial charge in [-0.3, -0.25) is 4.79 Å². The van der Waals surface area contributed by atoms with Crippen molar-refractivity contribution in [3.63, 3.8) is 0 Å². The summed E-state index contributed by atoms with van der Waals surface area (Å²) in [5.41, 5.74) is 0.836. The molecule has 0 spiro atoms. The van der Waals surface area contributed by atoms with Crippen molar-refractivity contribution in [1.29, 1.82) is 0 Å². The average molecular weight is 343 g/mol. The number of nitrogens with one attached hydrogen (secondary N) is 2. The molecule has 0 aliphatic heterocycles. The Bertz CT molecular complexity index is 424. The Hall–Kier alpha value is -0.520. The molecule has 1 aromatic rings. The molecule has 2 rings (SSSR count). The van der Waals surface area contributed by atoms with Crippen molar-refractivity contribution in [2.75, 3.05) is 18.1 Å². The van der Waals surface area contributed by atoms with Crippen molar-refractivity contribution in [1.82, 2.24) is 5.32 Å². The summed E-state index contributed by atoms with van der Waals surface area (Å²) in [5, 5.41) is 6.99. The second-order valence-electron chi connectivity index (χ2n) is 4.80. The van der Waals surface area contributed by atoms with Crippen LogP contribution >= 0.6 is 27.7 Å². The van der Waals surface area contributed by atoms with E-state index < -0.39 is 0 Å². The topological polar surface area (TPSA) is 41.1 Å². The number of hydrogen-bond donors (Lipinski definition) is 2. The van der Waals surface area contributed by atoms with Crippen molar-refractivity contribution in [3.8, 4) is 0 Å². The van der Waals surface area contributed by atoms with E-state index in [1.807, 2.05) is 36.0 Å². The quantitative estimate of drug-likeness (QED) is 0.862. The lowest BCUT2D eigenvalue weighted by atomic mass is 10.2. The van der Waals surface area contributed by atoms with Gasteiger partial charge < -0.3 is 10.6 Å². The lowest BCUT2D eigenvalue weighted by Crippen LogP contribution is -2.34. The molecule has 2 atom stereocenters. The fourth-order valence-electron chi connectivity index (χ4n) is 2.32. The van der Waals surface area contributed by atoms with Crippen molar-refractivity contribution in [2.45, 2.75) is 30.6 Å². The largest absolute Gasteiger partial charge is 0.325 e. The lowest BCUT2D eigenvalue weighted by Gasteiger charge is -2.12. The summed E-state index contributed by atoms with van der Waals surface area (Å²) in [7, 11) is 0. The first-order valence-corrected chi connectivity index (χ1v) is 8.57. The molecule has 0 aromatic heterocycles. The first kappa shape index (κ1) is 14.9. The Morgan fingerprint density at radius 3 is 2.74 bits per heavy atom. The molecule has 5 heteroatoms. The summed E-state index contributed by atoms with van der Waals surface area (Å²) >= 11 is 5.30. The maximum absolute atomic E-state index is 11.8. The third-order valence-electron chi connectivity index (χ3n) is 3.40. The zero-order valence-electron chi connectivity index (χ0n) is 11.0. The minimum Gasteiger partial charge on any atom is -0.325 e. The minimum absolute atomic E-state index is 0.0231. The molecular formula is C14H19BrN2OS. The van der Waals surface area contributed by atoms with Gasteiger partial charge in [-0.1, -0.05) is 15.9 Å². The molecule has 1 aliphatic carbocycles. The number of benzene rings is 1. The van der Waals surface area contributed by atoms with Gasteiger partial charge in [0.25, 0.3) is 0 Å². The Kier molecular flexibility index (Phi) is 5.73. The molecule has 104 valence electrons. The molecule has 19 heavy (non-hydrogen) atoms. The van der Waals surface area contributed by atoms with Gasteiger partial charge in [0.15, 0.2) is 0 Å². The average Bonchev–Trinajstić information content (AvgIpc) is 2.87. The maximum Gasteiger partial charge on any atom is 0.238 e. The van der Waals surface area contributed by atoms with E-state index in [4.69, 9.17) is 0 Å². The second kappa shape index (κ2) is 7.31. The molecule has 2 N–H and O–H groups in total. The highest BCUT2D eigenvalue weighted by Crippen LogP contribution is 2.27. The molecule has 2 unspecified atom stereocenters. The van der Waals surface area contributed by atoms with E-state index in [0.29, 0.717) is 12.6 Å². The van der Waals surface area contributed by atoms with E-state index in [0.717, 1.165) is 15.4 Å². The van der Waals surface area contributed by atoms with Gasteiger partial charge in [0.2, 0.25) is 5.91 Å². The molecule has 1 saturated carbocycles. The van der Waals surface area contributed by atoms with Crippen LogP contribution in [0.5, 0.6) is 0 Å². The van der Waals surface area contributed by atoms with Crippen molar-refractivity contribution >= 4 is 39.3 Å². The van der Waals surface area contributed by atoms with Gasteiger partial charge in [0.1, 0.15) is 0 Å². The standard InChI is InChI=1S/C14H19BrN2OS/c1-19-13-7-6-12(8-13)16-9-14(18)17-11-4-2-10(15)3-5-11/h2-5,12-13,16H,6-9H2,1H3,(H,17,18). The van der Waals surface area contributed by atoms with Gasteiger partial charge in [-0.2, -0.15) is 11.8 Å². The minimum atomic E-state index is 0.0231. The Labute approximate surface area is 127 Å².